The van der Waals surface area contributed by atoms with E-state index in [-0.39, 0.29) is 0 Å². The van der Waals surface area contributed by atoms with Gasteiger partial charge in [-0.2, -0.15) is 0 Å². The minimum atomic E-state index is 0.345. The van der Waals surface area contributed by atoms with Gasteiger partial charge in [-0.3, -0.25) is 0 Å². The summed E-state index contributed by atoms with van der Waals surface area (Å²) in [6, 6.07) is 0.573. The third-order valence-corrected chi connectivity index (χ3v) is 2.64. The van der Waals surface area contributed by atoms with Gasteiger partial charge in [-0.25, -0.2) is 0 Å². The van der Waals surface area contributed by atoms with Crippen molar-refractivity contribution in [3.8, 4) is 0 Å². The summed E-state index contributed by atoms with van der Waals surface area (Å²) in [6.45, 7) is 9.11. The molecule has 0 aromatic carbocycles. The van der Waals surface area contributed by atoms with Gasteiger partial charge < -0.3 is 14.8 Å². The molecule has 3 heteroatoms. The molecule has 0 bridgehead atoms. The van der Waals surface area contributed by atoms with E-state index < -0.39 is 0 Å². The lowest BCUT2D eigenvalue weighted by Gasteiger charge is -2.12. The fourth-order valence-electron chi connectivity index (χ4n) is 1.79. The van der Waals surface area contributed by atoms with Crippen molar-refractivity contribution in [2.45, 2.75) is 58.3 Å². The SMILES string of the molecule is CC(C)NCCCOCC1CCC(C)O1. The van der Waals surface area contributed by atoms with Gasteiger partial charge in [0.05, 0.1) is 18.8 Å². The molecule has 90 valence electrons. The standard InChI is InChI=1S/C12H25NO2/c1-10(2)13-7-4-8-14-9-12-6-5-11(3)15-12/h10-13H,4-9H2,1-3H3. The number of rotatable bonds is 7. The van der Waals surface area contributed by atoms with E-state index in [1.165, 1.54) is 6.42 Å². The molecule has 0 aliphatic carbocycles. The van der Waals surface area contributed by atoms with Crippen LogP contribution in [-0.2, 0) is 9.47 Å². The maximum atomic E-state index is 5.67. The highest BCUT2D eigenvalue weighted by Gasteiger charge is 2.21. The highest BCUT2D eigenvalue weighted by atomic mass is 16.5. The van der Waals surface area contributed by atoms with Crippen LogP contribution in [0.4, 0.5) is 0 Å². The third kappa shape index (κ3) is 6.13. The van der Waals surface area contributed by atoms with Crippen LogP contribution in [0.3, 0.4) is 0 Å². The Bertz CT molecular complexity index is 162. The van der Waals surface area contributed by atoms with E-state index in [2.05, 4.69) is 26.1 Å². The van der Waals surface area contributed by atoms with Crippen molar-refractivity contribution in [1.82, 2.24) is 5.32 Å². The summed E-state index contributed by atoms with van der Waals surface area (Å²) in [5.41, 5.74) is 0. The molecule has 1 heterocycles. The second-order valence-corrected chi connectivity index (χ2v) is 4.68. The van der Waals surface area contributed by atoms with Gasteiger partial charge in [-0.1, -0.05) is 13.8 Å². The molecule has 0 amide bonds. The second-order valence-electron chi connectivity index (χ2n) is 4.68. The molecule has 1 rings (SSSR count). The van der Waals surface area contributed by atoms with Crippen molar-refractivity contribution in [2.75, 3.05) is 19.8 Å². The van der Waals surface area contributed by atoms with Crippen LogP contribution in [0.25, 0.3) is 0 Å². The van der Waals surface area contributed by atoms with Crippen LogP contribution in [0.5, 0.6) is 0 Å². The predicted molar refractivity (Wildman–Crippen MR) is 62.1 cm³/mol. The monoisotopic (exact) mass is 215 g/mol. The third-order valence-electron chi connectivity index (χ3n) is 2.64. The molecule has 0 saturated carbocycles. The number of ether oxygens (including phenoxy) is 2. The van der Waals surface area contributed by atoms with E-state index in [0.717, 1.165) is 32.6 Å². The van der Waals surface area contributed by atoms with Gasteiger partial charge in [-0.05, 0) is 32.7 Å². The normalized spacial score (nSPS) is 26.4. The molecular weight excluding hydrogens is 190 g/mol. The first-order valence-electron chi connectivity index (χ1n) is 6.15. The van der Waals surface area contributed by atoms with Crippen LogP contribution < -0.4 is 5.32 Å². The average molecular weight is 215 g/mol. The van der Waals surface area contributed by atoms with Crippen molar-refractivity contribution in [1.29, 1.82) is 0 Å². The lowest BCUT2D eigenvalue weighted by atomic mass is 10.2. The highest BCUT2D eigenvalue weighted by Crippen LogP contribution is 2.18. The second kappa shape index (κ2) is 7.20. The zero-order valence-electron chi connectivity index (χ0n) is 10.3. The Morgan fingerprint density at radius 2 is 2.20 bits per heavy atom. The van der Waals surface area contributed by atoms with E-state index in [1.54, 1.807) is 0 Å². The predicted octanol–water partition coefficient (Wildman–Crippen LogP) is 1.96. The van der Waals surface area contributed by atoms with Crippen molar-refractivity contribution < 1.29 is 9.47 Å². The van der Waals surface area contributed by atoms with Crippen LogP contribution >= 0.6 is 0 Å². The Balaban J connectivity index is 1.85. The van der Waals surface area contributed by atoms with Crippen LogP contribution in [0.15, 0.2) is 0 Å². The summed E-state index contributed by atoms with van der Waals surface area (Å²) in [7, 11) is 0. The molecule has 1 aliphatic rings. The average Bonchev–Trinajstić information content (AvgIpc) is 2.57. The molecular formula is C12H25NO2. The van der Waals surface area contributed by atoms with Crippen LogP contribution in [-0.4, -0.2) is 38.0 Å². The Morgan fingerprint density at radius 1 is 1.40 bits per heavy atom. The Kier molecular flexibility index (Phi) is 6.22. The zero-order valence-corrected chi connectivity index (χ0v) is 10.3. The quantitative estimate of drug-likeness (QED) is 0.659. The molecule has 1 N–H and O–H groups in total. The lowest BCUT2D eigenvalue weighted by Crippen LogP contribution is -2.25. The van der Waals surface area contributed by atoms with E-state index in [4.69, 9.17) is 9.47 Å². The molecule has 1 saturated heterocycles. The largest absolute Gasteiger partial charge is 0.379 e. The van der Waals surface area contributed by atoms with Gasteiger partial charge in [0.15, 0.2) is 0 Å². The highest BCUT2D eigenvalue weighted by molar-refractivity contribution is 4.69. The molecule has 2 atom stereocenters. The van der Waals surface area contributed by atoms with Gasteiger partial charge in [0, 0.05) is 12.6 Å². The summed E-state index contributed by atoms with van der Waals surface area (Å²) in [6.07, 6.45) is 4.20. The molecule has 0 spiro atoms. The van der Waals surface area contributed by atoms with Crippen molar-refractivity contribution >= 4 is 0 Å². The van der Waals surface area contributed by atoms with Gasteiger partial charge in [0.1, 0.15) is 0 Å². The minimum Gasteiger partial charge on any atom is -0.379 e. The van der Waals surface area contributed by atoms with Crippen LogP contribution in [0.2, 0.25) is 0 Å². The first-order chi connectivity index (χ1) is 7.18. The van der Waals surface area contributed by atoms with E-state index in [1.807, 2.05) is 0 Å². The smallest absolute Gasteiger partial charge is 0.0813 e. The van der Waals surface area contributed by atoms with Crippen LogP contribution in [0, 0.1) is 0 Å². The maximum absolute atomic E-state index is 5.67. The van der Waals surface area contributed by atoms with Gasteiger partial charge in [-0.15, -0.1) is 0 Å². The number of hydrogen-bond acceptors (Lipinski definition) is 3. The summed E-state index contributed by atoms with van der Waals surface area (Å²) in [5.74, 6) is 0. The van der Waals surface area contributed by atoms with E-state index in [0.29, 0.717) is 18.2 Å². The molecule has 1 aliphatic heterocycles. The first kappa shape index (κ1) is 12.9. The minimum absolute atomic E-state index is 0.345. The molecule has 0 radical (unpaired) electrons. The Labute approximate surface area is 93.5 Å². The fourth-order valence-corrected chi connectivity index (χ4v) is 1.79. The summed E-state index contributed by atoms with van der Waals surface area (Å²) in [5, 5.41) is 3.37. The summed E-state index contributed by atoms with van der Waals surface area (Å²) >= 11 is 0. The first-order valence-corrected chi connectivity index (χ1v) is 6.15. The summed E-state index contributed by atoms with van der Waals surface area (Å²) < 4.78 is 11.2. The van der Waals surface area contributed by atoms with Crippen molar-refractivity contribution in [2.24, 2.45) is 0 Å². The van der Waals surface area contributed by atoms with Gasteiger partial charge in [0.25, 0.3) is 0 Å². The summed E-state index contributed by atoms with van der Waals surface area (Å²) in [4.78, 5) is 0. The fraction of sp³-hybridized carbons (Fsp3) is 1.00. The lowest BCUT2D eigenvalue weighted by molar-refractivity contribution is -0.00955. The molecule has 15 heavy (non-hydrogen) atoms. The van der Waals surface area contributed by atoms with E-state index >= 15 is 0 Å². The molecule has 0 aromatic rings. The Hall–Kier alpha value is -0.120. The van der Waals surface area contributed by atoms with Crippen LogP contribution in [0.1, 0.15) is 40.0 Å². The zero-order chi connectivity index (χ0) is 11.1. The Morgan fingerprint density at radius 3 is 2.80 bits per heavy atom. The van der Waals surface area contributed by atoms with Gasteiger partial charge in [0.2, 0.25) is 0 Å². The number of hydrogen-bond donors (Lipinski definition) is 1. The maximum Gasteiger partial charge on any atom is 0.0813 e. The molecule has 2 unspecified atom stereocenters. The number of nitrogens with one attached hydrogen (secondary N) is 1. The van der Waals surface area contributed by atoms with Crippen molar-refractivity contribution in [3.63, 3.8) is 0 Å². The van der Waals surface area contributed by atoms with E-state index in [9.17, 15) is 0 Å². The molecule has 1 fully saturated rings. The topological polar surface area (TPSA) is 30.5 Å². The molecule has 3 nitrogen and oxygen atoms in total. The molecule has 0 aromatic heterocycles. The van der Waals surface area contributed by atoms with Crippen molar-refractivity contribution in [3.05, 3.63) is 0 Å². The van der Waals surface area contributed by atoms with Gasteiger partial charge >= 0.3 is 0 Å².